The van der Waals surface area contributed by atoms with E-state index in [4.69, 9.17) is 5.73 Å². The number of carbonyl (C=O) groups is 2. The van der Waals surface area contributed by atoms with Gasteiger partial charge in [0.1, 0.15) is 0 Å². The number of nitrogens with zero attached hydrogens (tertiary/aromatic N) is 2. The Labute approximate surface area is 101 Å². The lowest BCUT2D eigenvalue weighted by Gasteiger charge is -2.32. The molecule has 6 heteroatoms. The van der Waals surface area contributed by atoms with Gasteiger partial charge in [-0.2, -0.15) is 0 Å². The third kappa shape index (κ3) is 2.95. The third-order valence-corrected chi connectivity index (χ3v) is 3.45. The maximum atomic E-state index is 11.9. The summed E-state index contributed by atoms with van der Waals surface area (Å²) in [6.07, 6.45) is 2.23. The molecule has 0 saturated carbocycles. The van der Waals surface area contributed by atoms with Crippen LogP contribution in [-0.4, -0.2) is 61.0 Å². The van der Waals surface area contributed by atoms with Crippen LogP contribution in [0.3, 0.4) is 0 Å². The predicted octanol–water partition coefficient (Wildman–Crippen LogP) is -0.791. The molecule has 17 heavy (non-hydrogen) atoms. The standard InChI is InChI=1S/C11H20N4O2/c12-6-9-2-1-4-14(7-9)8-10(16)15-5-3-13-11(15)17/h9H,1-8,12H2,(H,13,17). The van der Waals surface area contributed by atoms with Crippen molar-refractivity contribution in [3.8, 4) is 0 Å². The zero-order valence-corrected chi connectivity index (χ0v) is 10.0. The van der Waals surface area contributed by atoms with E-state index >= 15 is 0 Å². The van der Waals surface area contributed by atoms with Gasteiger partial charge in [0, 0.05) is 19.6 Å². The Bertz CT molecular complexity index is 308. The van der Waals surface area contributed by atoms with Crippen molar-refractivity contribution in [2.45, 2.75) is 12.8 Å². The van der Waals surface area contributed by atoms with Crippen LogP contribution in [0.1, 0.15) is 12.8 Å². The van der Waals surface area contributed by atoms with Gasteiger partial charge in [-0.05, 0) is 31.8 Å². The van der Waals surface area contributed by atoms with Gasteiger partial charge in [0.25, 0.3) is 0 Å². The molecule has 0 bridgehead atoms. The summed E-state index contributed by atoms with van der Waals surface area (Å²) in [7, 11) is 0. The average Bonchev–Trinajstić information content (AvgIpc) is 2.76. The maximum Gasteiger partial charge on any atom is 0.324 e. The first-order chi connectivity index (χ1) is 8.20. The largest absolute Gasteiger partial charge is 0.336 e. The lowest BCUT2D eigenvalue weighted by Crippen LogP contribution is -2.46. The summed E-state index contributed by atoms with van der Waals surface area (Å²) < 4.78 is 0. The number of likely N-dealkylation sites (tertiary alicyclic amines) is 1. The molecule has 0 aromatic rings. The topological polar surface area (TPSA) is 78.7 Å². The van der Waals surface area contributed by atoms with Crippen LogP contribution in [0.15, 0.2) is 0 Å². The second-order valence-electron chi connectivity index (χ2n) is 4.76. The number of hydrogen-bond donors (Lipinski definition) is 2. The minimum absolute atomic E-state index is 0.0994. The highest BCUT2D eigenvalue weighted by Crippen LogP contribution is 2.15. The molecule has 2 heterocycles. The van der Waals surface area contributed by atoms with Crippen LogP contribution in [0.5, 0.6) is 0 Å². The minimum atomic E-state index is -0.262. The number of urea groups is 1. The Hall–Kier alpha value is -1.14. The first kappa shape index (κ1) is 12.3. The number of nitrogens with one attached hydrogen (secondary N) is 1. The molecule has 2 aliphatic heterocycles. The number of nitrogens with two attached hydrogens (primary N) is 1. The monoisotopic (exact) mass is 240 g/mol. The molecule has 0 spiro atoms. The number of imide groups is 1. The number of hydrogen-bond acceptors (Lipinski definition) is 4. The Morgan fingerprint density at radius 2 is 2.29 bits per heavy atom. The molecular weight excluding hydrogens is 220 g/mol. The maximum absolute atomic E-state index is 11.9. The second kappa shape index (κ2) is 5.46. The van der Waals surface area contributed by atoms with E-state index in [9.17, 15) is 9.59 Å². The van der Waals surface area contributed by atoms with Crippen molar-refractivity contribution in [2.75, 3.05) is 39.3 Å². The van der Waals surface area contributed by atoms with E-state index in [0.29, 0.717) is 32.1 Å². The van der Waals surface area contributed by atoms with Crippen LogP contribution >= 0.6 is 0 Å². The molecule has 2 fully saturated rings. The van der Waals surface area contributed by atoms with Crippen LogP contribution in [0.2, 0.25) is 0 Å². The Balaban J connectivity index is 1.83. The molecule has 0 radical (unpaired) electrons. The highest BCUT2D eigenvalue weighted by Gasteiger charge is 2.28. The highest BCUT2D eigenvalue weighted by molar-refractivity contribution is 5.96. The quantitative estimate of drug-likeness (QED) is 0.677. The fraction of sp³-hybridized carbons (Fsp3) is 0.818. The number of piperidine rings is 1. The lowest BCUT2D eigenvalue weighted by atomic mass is 9.98. The predicted molar refractivity (Wildman–Crippen MR) is 63.3 cm³/mol. The van der Waals surface area contributed by atoms with Gasteiger partial charge in [0.05, 0.1) is 6.54 Å². The van der Waals surface area contributed by atoms with Crippen LogP contribution in [0.4, 0.5) is 4.79 Å². The SMILES string of the molecule is NCC1CCCN(CC(=O)N2CCNC2=O)C1. The molecule has 6 nitrogen and oxygen atoms in total. The van der Waals surface area contributed by atoms with Gasteiger partial charge in [0.2, 0.25) is 5.91 Å². The Morgan fingerprint density at radius 3 is 2.94 bits per heavy atom. The van der Waals surface area contributed by atoms with E-state index in [2.05, 4.69) is 10.2 Å². The van der Waals surface area contributed by atoms with Crippen molar-refractivity contribution >= 4 is 11.9 Å². The molecule has 96 valence electrons. The molecule has 0 aliphatic carbocycles. The summed E-state index contributed by atoms with van der Waals surface area (Å²) in [5, 5.41) is 2.64. The second-order valence-corrected chi connectivity index (χ2v) is 4.76. The fourth-order valence-electron chi connectivity index (χ4n) is 2.47. The summed E-state index contributed by atoms with van der Waals surface area (Å²) in [6.45, 7) is 3.87. The van der Waals surface area contributed by atoms with Crippen LogP contribution in [0.25, 0.3) is 0 Å². The smallest absolute Gasteiger partial charge is 0.324 e. The molecule has 0 aromatic heterocycles. The van der Waals surface area contributed by atoms with Crippen molar-refractivity contribution < 1.29 is 9.59 Å². The molecule has 2 rings (SSSR count). The first-order valence-corrected chi connectivity index (χ1v) is 6.21. The average molecular weight is 240 g/mol. The van der Waals surface area contributed by atoms with Gasteiger partial charge in [-0.1, -0.05) is 0 Å². The van der Waals surface area contributed by atoms with Crippen molar-refractivity contribution in [3.63, 3.8) is 0 Å². The summed E-state index contributed by atoms with van der Waals surface area (Å²) in [5.41, 5.74) is 5.65. The molecule has 2 aliphatic rings. The van der Waals surface area contributed by atoms with Gasteiger partial charge in [-0.25, -0.2) is 4.79 Å². The van der Waals surface area contributed by atoms with Crippen LogP contribution in [0, 0.1) is 5.92 Å². The Morgan fingerprint density at radius 1 is 1.47 bits per heavy atom. The molecule has 1 atom stereocenters. The van der Waals surface area contributed by atoms with Gasteiger partial charge in [-0.3, -0.25) is 14.6 Å². The van der Waals surface area contributed by atoms with E-state index in [0.717, 1.165) is 25.9 Å². The van der Waals surface area contributed by atoms with E-state index in [1.54, 1.807) is 0 Å². The molecule has 2 saturated heterocycles. The number of rotatable bonds is 3. The van der Waals surface area contributed by atoms with Crippen molar-refractivity contribution in [1.29, 1.82) is 0 Å². The molecule has 1 unspecified atom stereocenters. The van der Waals surface area contributed by atoms with E-state index in [-0.39, 0.29) is 11.9 Å². The minimum Gasteiger partial charge on any atom is -0.336 e. The summed E-state index contributed by atoms with van der Waals surface area (Å²) >= 11 is 0. The van der Waals surface area contributed by atoms with Crippen LogP contribution < -0.4 is 11.1 Å². The van der Waals surface area contributed by atoms with Crippen LogP contribution in [-0.2, 0) is 4.79 Å². The van der Waals surface area contributed by atoms with E-state index in [1.165, 1.54) is 4.90 Å². The molecular formula is C11H20N4O2. The van der Waals surface area contributed by atoms with E-state index in [1.807, 2.05) is 0 Å². The molecule has 0 aromatic carbocycles. The molecule has 3 N–H and O–H groups in total. The van der Waals surface area contributed by atoms with Crippen molar-refractivity contribution in [2.24, 2.45) is 11.7 Å². The van der Waals surface area contributed by atoms with Gasteiger partial charge >= 0.3 is 6.03 Å². The van der Waals surface area contributed by atoms with Gasteiger partial charge < -0.3 is 11.1 Å². The lowest BCUT2D eigenvalue weighted by molar-refractivity contribution is -0.129. The highest BCUT2D eigenvalue weighted by atomic mass is 16.2. The van der Waals surface area contributed by atoms with Crippen molar-refractivity contribution in [3.05, 3.63) is 0 Å². The number of amides is 3. The number of carbonyl (C=O) groups excluding carboxylic acids is 2. The van der Waals surface area contributed by atoms with Gasteiger partial charge in [-0.15, -0.1) is 0 Å². The van der Waals surface area contributed by atoms with E-state index < -0.39 is 0 Å². The zero-order chi connectivity index (χ0) is 12.3. The third-order valence-electron chi connectivity index (χ3n) is 3.45. The zero-order valence-electron chi connectivity index (χ0n) is 10.0. The Kier molecular flexibility index (Phi) is 3.96. The first-order valence-electron chi connectivity index (χ1n) is 6.21. The summed E-state index contributed by atoms with van der Waals surface area (Å²) in [5.74, 6) is 0.390. The summed E-state index contributed by atoms with van der Waals surface area (Å²) in [6, 6.07) is -0.262. The molecule has 3 amide bonds. The van der Waals surface area contributed by atoms with Crippen molar-refractivity contribution in [1.82, 2.24) is 15.1 Å². The van der Waals surface area contributed by atoms with Gasteiger partial charge in [0.15, 0.2) is 0 Å². The fourth-order valence-corrected chi connectivity index (χ4v) is 2.47. The normalized spacial score (nSPS) is 26.1. The summed E-state index contributed by atoms with van der Waals surface area (Å²) in [4.78, 5) is 26.6.